The highest BCUT2D eigenvalue weighted by atomic mass is 32.2. The molecule has 1 fully saturated rings. The van der Waals surface area contributed by atoms with Crippen LogP contribution in [0.1, 0.15) is 12.8 Å². The van der Waals surface area contributed by atoms with E-state index in [2.05, 4.69) is 15.3 Å². The Morgan fingerprint density at radius 1 is 1.39 bits per heavy atom. The Morgan fingerprint density at radius 3 is 3.06 bits per heavy atom. The summed E-state index contributed by atoms with van der Waals surface area (Å²) in [5.74, 6) is 1.21. The van der Waals surface area contributed by atoms with Crippen molar-refractivity contribution in [2.45, 2.75) is 18.0 Å². The highest BCUT2D eigenvalue weighted by Crippen LogP contribution is 2.17. The molecule has 3 rings (SSSR count). The van der Waals surface area contributed by atoms with Gasteiger partial charge in [-0.15, -0.1) is 0 Å². The molecule has 0 radical (unpaired) electrons. The summed E-state index contributed by atoms with van der Waals surface area (Å²) in [5, 5.41) is 3.97. The van der Waals surface area contributed by atoms with Gasteiger partial charge < -0.3 is 10.3 Å². The van der Waals surface area contributed by atoms with Gasteiger partial charge in [0.15, 0.2) is 5.16 Å². The number of H-pyrrole nitrogens is 1. The second-order valence-electron chi connectivity index (χ2n) is 4.78. The molecule has 0 amide bonds. The van der Waals surface area contributed by atoms with Gasteiger partial charge in [0.05, 0.1) is 21.8 Å². The fraction of sp³-hybridized carbons (Fsp3) is 0.462. The van der Waals surface area contributed by atoms with Gasteiger partial charge in [-0.1, -0.05) is 12.1 Å². The maximum Gasteiger partial charge on any atom is 0.197 e. The van der Waals surface area contributed by atoms with Crippen molar-refractivity contribution in [2.24, 2.45) is 5.92 Å². The minimum Gasteiger partial charge on any atom is -0.331 e. The smallest absolute Gasteiger partial charge is 0.197 e. The number of aromatic nitrogens is 2. The molecule has 18 heavy (non-hydrogen) atoms. The van der Waals surface area contributed by atoms with Crippen molar-refractivity contribution in [3.63, 3.8) is 0 Å². The molecule has 1 aromatic carbocycles. The summed E-state index contributed by atoms with van der Waals surface area (Å²) in [6.45, 7) is 2.07. The Hall–Kier alpha value is -1.20. The second-order valence-corrected chi connectivity index (χ2v) is 6.19. The first-order chi connectivity index (χ1) is 8.83. The molecule has 1 aliphatic heterocycles. The summed E-state index contributed by atoms with van der Waals surface area (Å²) in [5.41, 5.74) is 1.85. The van der Waals surface area contributed by atoms with E-state index in [0.717, 1.165) is 24.1 Å². The van der Waals surface area contributed by atoms with Crippen LogP contribution in [0.15, 0.2) is 29.4 Å². The molecule has 0 aliphatic carbocycles. The fourth-order valence-electron chi connectivity index (χ4n) is 2.40. The molecule has 0 spiro atoms. The predicted octanol–water partition coefficient (Wildman–Crippen LogP) is 1.67. The van der Waals surface area contributed by atoms with E-state index in [1.54, 1.807) is 0 Å². The van der Waals surface area contributed by atoms with Gasteiger partial charge in [-0.25, -0.2) is 4.98 Å². The normalized spacial score (nSPS) is 22.1. The summed E-state index contributed by atoms with van der Waals surface area (Å²) in [4.78, 5) is 7.56. The zero-order valence-corrected chi connectivity index (χ0v) is 11.0. The van der Waals surface area contributed by atoms with Crippen LogP contribution >= 0.6 is 0 Å². The van der Waals surface area contributed by atoms with E-state index in [-0.39, 0.29) is 0 Å². The van der Waals surface area contributed by atoms with Crippen LogP contribution in [0.2, 0.25) is 0 Å². The van der Waals surface area contributed by atoms with Gasteiger partial charge in [-0.3, -0.25) is 4.21 Å². The Balaban J connectivity index is 1.74. The summed E-state index contributed by atoms with van der Waals surface area (Å²) < 4.78 is 12.3. The van der Waals surface area contributed by atoms with E-state index in [4.69, 9.17) is 0 Å². The van der Waals surface area contributed by atoms with E-state index >= 15 is 0 Å². The zero-order valence-electron chi connectivity index (χ0n) is 10.2. The third-order valence-electron chi connectivity index (χ3n) is 3.37. The van der Waals surface area contributed by atoms with Crippen LogP contribution < -0.4 is 5.32 Å². The van der Waals surface area contributed by atoms with Crippen LogP contribution in [0.3, 0.4) is 0 Å². The molecule has 2 aromatic rings. The minimum atomic E-state index is -1.02. The maximum absolute atomic E-state index is 12.3. The Labute approximate surface area is 109 Å². The van der Waals surface area contributed by atoms with Gasteiger partial charge in [0.1, 0.15) is 0 Å². The van der Waals surface area contributed by atoms with Gasteiger partial charge in [-0.2, -0.15) is 0 Å². The zero-order chi connectivity index (χ0) is 12.4. The molecule has 4 nitrogen and oxygen atoms in total. The lowest BCUT2D eigenvalue weighted by Gasteiger charge is -2.21. The number of fused-ring (bicyclic) bond motifs is 1. The number of nitrogens with zero attached hydrogens (tertiary/aromatic N) is 1. The Morgan fingerprint density at radius 2 is 2.28 bits per heavy atom. The van der Waals surface area contributed by atoms with E-state index in [1.807, 2.05) is 24.3 Å². The van der Waals surface area contributed by atoms with Crippen molar-refractivity contribution in [2.75, 3.05) is 18.8 Å². The molecular weight excluding hydrogens is 246 g/mol. The van der Waals surface area contributed by atoms with Crippen LogP contribution in [0.4, 0.5) is 0 Å². The Kier molecular flexibility index (Phi) is 3.43. The largest absolute Gasteiger partial charge is 0.331 e. The van der Waals surface area contributed by atoms with Crippen molar-refractivity contribution >= 4 is 21.8 Å². The standard InChI is InChI=1S/C13H17N3OS/c17-18(9-10-4-3-7-14-8-10)13-15-11-5-1-2-6-12(11)16-13/h1-2,5-6,10,14H,3-4,7-9H2,(H,15,16)/t10-,18-/m0/s1. The van der Waals surface area contributed by atoms with Crippen LogP contribution in [-0.4, -0.2) is 33.0 Å². The first kappa shape index (κ1) is 11.9. The molecule has 96 valence electrons. The topological polar surface area (TPSA) is 57.8 Å². The van der Waals surface area contributed by atoms with Crippen molar-refractivity contribution < 1.29 is 4.21 Å². The number of benzene rings is 1. The van der Waals surface area contributed by atoms with E-state index in [0.29, 0.717) is 16.8 Å². The number of para-hydroxylation sites is 2. The monoisotopic (exact) mass is 263 g/mol. The summed E-state index contributed by atoms with van der Waals surface area (Å²) in [6.07, 6.45) is 2.35. The summed E-state index contributed by atoms with van der Waals surface area (Å²) in [6, 6.07) is 7.80. The van der Waals surface area contributed by atoms with Crippen LogP contribution in [-0.2, 0) is 10.8 Å². The lowest BCUT2D eigenvalue weighted by atomic mass is 10.0. The third-order valence-corrected chi connectivity index (χ3v) is 4.77. The summed E-state index contributed by atoms with van der Waals surface area (Å²) in [7, 11) is -1.02. The molecule has 1 aliphatic rings. The molecule has 0 bridgehead atoms. The second kappa shape index (κ2) is 5.20. The average molecular weight is 263 g/mol. The van der Waals surface area contributed by atoms with Crippen LogP contribution in [0.5, 0.6) is 0 Å². The quantitative estimate of drug-likeness (QED) is 0.885. The van der Waals surface area contributed by atoms with Gasteiger partial charge in [0.2, 0.25) is 0 Å². The van der Waals surface area contributed by atoms with E-state index in [1.165, 1.54) is 12.8 Å². The number of aromatic amines is 1. The van der Waals surface area contributed by atoms with Crippen LogP contribution in [0, 0.1) is 5.92 Å². The molecule has 1 aromatic heterocycles. The number of hydrogen-bond donors (Lipinski definition) is 2. The first-order valence-electron chi connectivity index (χ1n) is 6.37. The highest BCUT2D eigenvalue weighted by Gasteiger charge is 2.18. The molecule has 2 atom stereocenters. The number of rotatable bonds is 3. The van der Waals surface area contributed by atoms with E-state index < -0.39 is 10.8 Å². The van der Waals surface area contributed by atoms with E-state index in [9.17, 15) is 4.21 Å². The Bertz CT molecular complexity index is 527. The summed E-state index contributed by atoms with van der Waals surface area (Å²) >= 11 is 0. The van der Waals surface area contributed by atoms with Crippen molar-refractivity contribution in [1.29, 1.82) is 0 Å². The maximum atomic E-state index is 12.3. The minimum absolute atomic E-state index is 0.507. The predicted molar refractivity (Wildman–Crippen MR) is 73.0 cm³/mol. The molecule has 2 heterocycles. The van der Waals surface area contributed by atoms with Gasteiger partial charge >= 0.3 is 0 Å². The van der Waals surface area contributed by atoms with Crippen LogP contribution in [0.25, 0.3) is 11.0 Å². The molecule has 1 saturated heterocycles. The highest BCUT2D eigenvalue weighted by molar-refractivity contribution is 7.84. The third kappa shape index (κ3) is 2.47. The lowest BCUT2D eigenvalue weighted by molar-refractivity contribution is 0.407. The lowest BCUT2D eigenvalue weighted by Crippen LogP contribution is -2.32. The number of nitrogens with one attached hydrogen (secondary N) is 2. The molecule has 5 heteroatoms. The first-order valence-corrected chi connectivity index (χ1v) is 7.68. The molecular formula is C13H17N3OS. The molecule has 0 unspecified atom stereocenters. The molecule has 0 saturated carbocycles. The van der Waals surface area contributed by atoms with Crippen molar-refractivity contribution in [3.05, 3.63) is 24.3 Å². The SMILES string of the molecule is O=[S@@](C[C@H]1CCCNC1)c1nc2ccccc2[nH]1. The number of imidazole rings is 1. The molecule has 2 N–H and O–H groups in total. The average Bonchev–Trinajstić information content (AvgIpc) is 2.84. The van der Waals surface area contributed by atoms with Gasteiger partial charge in [0, 0.05) is 5.75 Å². The van der Waals surface area contributed by atoms with Gasteiger partial charge in [0.25, 0.3) is 0 Å². The number of piperidine rings is 1. The fourth-order valence-corrected chi connectivity index (χ4v) is 3.69. The van der Waals surface area contributed by atoms with Crippen molar-refractivity contribution in [1.82, 2.24) is 15.3 Å². The van der Waals surface area contributed by atoms with Gasteiger partial charge in [-0.05, 0) is 44.0 Å². The number of hydrogen-bond acceptors (Lipinski definition) is 3. The van der Waals surface area contributed by atoms with Crippen molar-refractivity contribution in [3.8, 4) is 0 Å².